The quantitative estimate of drug-likeness (QED) is 0.342. The molecule has 0 fully saturated rings. The van der Waals surface area contributed by atoms with Gasteiger partial charge >= 0.3 is 17.9 Å². The number of esters is 3. The third-order valence-electron chi connectivity index (χ3n) is 5.07. The van der Waals surface area contributed by atoms with Crippen molar-refractivity contribution in [2.24, 2.45) is 5.92 Å². The van der Waals surface area contributed by atoms with Crippen LogP contribution < -0.4 is 0 Å². The SMILES string of the molecule is CC(COC(=O)c1ccccc1)C(OC(=O)c1ccccc1)C(C)OC(=O)c1ccccc1. The van der Waals surface area contributed by atoms with Crippen LogP contribution in [0.25, 0.3) is 0 Å². The average Bonchev–Trinajstić information content (AvgIpc) is 2.86. The lowest BCUT2D eigenvalue weighted by Crippen LogP contribution is -2.40. The maximum Gasteiger partial charge on any atom is 0.338 e. The molecule has 6 heteroatoms. The first kappa shape index (κ1) is 23.7. The standard InChI is InChI=1S/C27H26O6/c1-19(18-31-25(28)21-12-6-3-7-13-21)24(33-27(30)23-16-10-5-11-17-23)20(2)32-26(29)22-14-8-4-9-15-22/h3-17,19-20,24H,18H2,1-2H3. The van der Waals surface area contributed by atoms with Crippen molar-refractivity contribution in [2.45, 2.75) is 26.1 Å². The van der Waals surface area contributed by atoms with Crippen LogP contribution >= 0.6 is 0 Å². The van der Waals surface area contributed by atoms with Crippen molar-refractivity contribution >= 4 is 17.9 Å². The van der Waals surface area contributed by atoms with Gasteiger partial charge in [0.1, 0.15) is 12.2 Å². The molecule has 0 aromatic heterocycles. The Labute approximate surface area is 193 Å². The van der Waals surface area contributed by atoms with E-state index in [9.17, 15) is 14.4 Å². The van der Waals surface area contributed by atoms with Crippen LogP contribution in [-0.2, 0) is 14.2 Å². The van der Waals surface area contributed by atoms with Crippen molar-refractivity contribution < 1.29 is 28.6 Å². The maximum atomic E-state index is 12.7. The molecular weight excluding hydrogens is 420 g/mol. The molecule has 0 heterocycles. The minimum atomic E-state index is -0.839. The first-order chi connectivity index (χ1) is 16.0. The minimum absolute atomic E-state index is 0.0201. The predicted octanol–water partition coefficient (Wildman–Crippen LogP) is 4.95. The Morgan fingerprint density at radius 3 is 1.45 bits per heavy atom. The van der Waals surface area contributed by atoms with E-state index in [0.29, 0.717) is 16.7 Å². The Morgan fingerprint density at radius 2 is 1.00 bits per heavy atom. The molecule has 3 aromatic carbocycles. The summed E-state index contributed by atoms with van der Waals surface area (Å²) >= 11 is 0. The number of hydrogen-bond donors (Lipinski definition) is 0. The topological polar surface area (TPSA) is 78.9 Å². The van der Waals surface area contributed by atoms with Crippen molar-refractivity contribution in [2.75, 3.05) is 6.61 Å². The fourth-order valence-corrected chi connectivity index (χ4v) is 3.28. The van der Waals surface area contributed by atoms with Crippen LogP contribution in [0, 0.1) is 5.92 Å². The van der Waals surface area contributed by atoms with Crippen molar-refractivity contribution in [3.05, 3.63) is 108 Å². The molecule has 33 heavy (non-hydrogen) atoms. The summed E-state index contributed by atoms with van der Waals surface area (Å²) < 4.78 is 16.7. The molecule has 0 N–H and O–H groups in total. The number of hydrogen-bond acceptors (Lipinski definition) is 6. The van der Waals surface area contributed by atoms with E-state index in [2.05, 4.69) is 0 Å². The number of rotatable bonds is 9. The van der Waals surface area contributed by atoms with Gasteiger partial charge in [-0.25, -0.2) is 14.4 Å². The molecule has 3 atom stereocenters. The third-order valence-corrected chi connectivity index (χ3v) is 5.07. The van der Waals surface area contributed by atoms with Crippen LogP contribution in [0.15, 0.2) is 91.0 Å². The second-order valence-corrected chi connectivity index (χ2v) is 7.65. The smallest absolute Gasteiger partial charge is 0.338 e. The molecule has 0 bridgehead atoms. The zero-order valence-electron chi connectivity index (χ0n) is 18.5. The normalized spacial score (nSPS) is 13.3. The zero-order chi connectivity index (χ0) is 23.6. The van der Waals surface area contributed by atoms with Gasteiger partial charge in [0.15, 0.2) is 0 Å². The molecule has 6 nitrogen and oxygen atoms in total. The van der Waals surface area contributed by atoms with Crippen molar-refractivity contribution in [1.82, 2.24) is 0 Å². The number of carbonyl (C=O) groups excluding carboxylic acids is 3. The molecule has 3 unspecified atom stereocenters. The van der Waals surface area contributed by atoms with E-state index >= 15 is 0 Å². The second-order valence-electron chi connectivity index (χ2n) is 7.65. The molecular formula is C27H26O6. The summed E-state index contributed by atoms with van der Waals surface area (Å²) in [5, 5.41) is 0. The minimum Gasteiger partial charge on any atom is -0.462 e. The van der Waals surface area contributed by atoms with Gasteiger partial charge in [-0.2, -0.15) is 0 Å². The lowest BCUT2D eigenvalue weighted by Gasteiger charge is -2.29. The van der Waals surface area contributed by atoms with Gasteiger partial charge in [0.2, 0.25) is 0 Å². The summed E-state index contributed by atoms with van der Waals surface area (Å²) in [6, 6.07) is 25.7. The van der Waals surface area contributed by atoms with E-state index in [-0.39, 0.29) is 6.61 Å². The van der Waals surface area contributed by atoms with Crippen LogP contribution in [-0.4, -0.2) is 36.7 Å². The second kappa shape index (κ2) is 11.6. The number of ether oxygens (including phenoxy) is 3. The number of carbonyl (C=O) groups is 3. The maximum absolute atomic E-state index is 12.7. The van der Waals surface area contributed by atoms with Crippen molar-refractivity contribution in [3.8, 4) is 0 Å². The van der Waals surface area contributed by atoms with E-state index in [1.54, 1.807) is 105 Å². The molecule has 0 aliphatic heterocycles. The van der Waals surface area contributed by atoms with E-state index in [4.69, 9.17) is 14.2 Å². The van der Waals surface area contributed by atoms with Gasteiger partial charge in [-0.05, 0) is 43.3 Å². The Hall–Kier alpha value is -3.93. The molecule has 170 valence electrons. The van der Waals surface area contributed by atoms with Crippen LogP contribution in [0.3, 0.4) is 0 Å². The Balaban J connectivity index is 1.71. The molecule has 0 amide bonds. The van der Waals surface area contributed by atoms with Gasteiger partial charge in [-0.15, -0.1) is 0 Å². The Kier molecular flexibility index (Phi) is 8.36. The summed E-state index contributed by atoms with van der Waals surface area (Å²) in [7, 11) is 0. The number of benzene rings is 3. The summed E-state index contributed by atoms with van der Waals surface area (Å²) in [5.74, 6) is -2.00. The summed E-state index contributed by atoms with van der Waals surface area (Å²) in [4.78, 5) is 37.6. The summed E-state index contributed by atoms with van der Waals surface area (Å²) in [5.41, 5.74) is 1.18. The monoisotopic (exact) mass is 446 g/mol. The van der Waals surface area contributed by atoms with Crippen LogP contribution in [0.2, 0.25) is 0 Å². The highest BCUT2D eigenvalue weighted by molar-refractivity contribution is 5.90. The molecule has 3 aromatic rings. The highest BCUT2D eigenvalue weighted by atomic mass is 16.6. The molecule has 0 saturated heterocycles. The molecule has 0 saturated carbocycles. The highest BCUT2D eigenvalue weighted by Gasteiger charge is 2.32. The molecule has 0 aliphatic carbocycles. The predicted molar refractivity (Wildman–Crippen MR) is 123 cm³/mol. The fraction of sp³-hybridized carbons (Fsp3) is 0.222. The molecule has 3 rings (SSSR count). The summed E-state index contributed by atoms with van der Waals surface area (Å²) in [6.45, 7) is 3.40. The average molecular weight is 446 g/mol. The summed E-state index contributed by atoms with van der Waals surface area (Å²) in [6.07, 6.45) is -1.62. The first-order valence-corrected chi connectivity index (χ1v) is 10.7. The van der Waals surface area contributed by atoms with Crippen LogP contribution in [0.5, 0.6) is 0 Å². The van der Waals surface area contributed by atoms with E-state index in [1.165, 1.54) is 0 Å². The van der Waals surface area contributed by atoms with Gasteiger partial charge < -0.3 is 14.2 Å². The van der Waals surface area contributed by atoms with Crippen LogP contribution in [0.1, 0.15) is 44.9 Å². The molecule has 0 aliphatic rings. The Bertz CT molecular complexity index is 1050. The van der Waals surface area contributed by atoms with E-state index in [1.807, 2.05) is 0 Å². The zero-order valence-corrected chi connectivity index (χ0v) is 18.5. The molecule has 0 spiro atoms. The third kappa shape index (κ3) is 6.77. The van der Waals surface area contributed by atoms with Gasteiger partial charge in [0.25, 0.3) is 0 Å². The van der Waals surface area contributed by atoms with Gasteiger partial charge in [-0.3, -0.25) is 0 Å². The highest BCUT2D eigenvalue weighted by Crippen LogP contribution is 2.19. The Morgan fingerprint density at radius 1 is 0.606 bits per heavy atom. The van der Waals surface area contributed by atoms with Crippen molar-refractivity contribution in [1.29, 1.82) is 0 Å². The van der Waals surface area contributed by atoms with Crippen molar-refractivity contribution in [3.63, 3.8) is 0 Å². The van der Waals surface area contributed by atoms with Crippen LogP contribution in [0.4, 0.5) is 0 Å². The lowest BCUT2D eigenvalue weighted by molar-refractivity contribution is -0.0575. The largest absolute Gasteiger partial charge is 0.462 e. The van der Waals surface area contributed by atoms with Gasteiger partial charge in [-0.1, -0.05) is 61.5 Å². The first-order valence-electron chi connectivity index (χ1n) is 10.7. The fourth-order valence-electron chi connectivity index (χ4n) is 3.28. The molecule has 0 radical (unpaired) electrons. The van der Waals surface area contributed by atoms with Gasteiger partial charge in [0.05, 0.1) is 23.3 Å². The van der Waals surface area contributed by atoms with E-state index in [0.717, 1.165) is 0 Å². The van der Waals surface area contributed by atoms with E-state index < -0.39 is 36.0 Å². The van der Waals surface area contributed by atoms with Gasteiger partial charge in [0, 0.05) is 5.92 Å². The lowest BCUT2D eigenvalue weighted by atomic mass is 10.0.